The van der Waals surface area contributed by atoms with Gasteiger partial charge in [-0.25, -0.2) is 4.79 Å². The fraction of sp³-hybridized carbons (Fsp3) is 0.812. The highest BCUT2D eigenvalue weighted by Gasteiger charge is 2.64. The number of fused-ring (bicyclic) bond motifs is 5. The van der Waals surface area contributed by atoms with Crippen LogP contribution >= 0.6 is 0 Å². The van der Waals surface area contributed by atoms with Gasteiger partial charge in [-0.05, 0) is 110 Å². The topological polar surface area (TPSA) is 91.7 Å². The maximum Gasteiger partial charge on any atom is 0.339 e. The number of carbonyl (C=O) groups excluding carboxylic acids is 1. The molecular weight excluding hydrogens is 476 g/mol. The quantitative estimate of drug-likeness (QED) is 0.381. The van der Waals surface area contributed by atoms with Gasteiger partial charge < -0.3 is 20.3 Å². The number of ether oxygens (including phenoxy) is 1. The summed E-state index contributed by atoms with van der Waals surface area (Å²) < 4.78 is 4.83. The van der Waals surface area contributed by atoms with Crippen molar-refractivity contribution in [3.8, 4) is 0 Å². The number of methoxy groups -OCH3 is 1. The standard InChI is InChI=1S/C32H50N2O4/c1-6-23-27-16-22(35)9-12-32(27,4)26-10-13-31(3)24(7-8-25(31)28(26)29(23)36)19(2)11-14-34-21-15-20(17-33-18-21)30(37)38-5/h15,17-19,22-29,34-36H,6-14,16H2,1-5H3/t19-,22-,23-,24-,25+,26+,27+,28+,29-,31-,32-/m1/s1. The van der Waals surface area contributed by atoms with Crippen LogP contribution < -0.4 is 5.32 Å². The molecule has 5 rings (SSSR count). The van der Waals surface area contributed by atoms with Gasteiger partial charge in [-0.3, -0.25) is 4.98 Å². The number of pyridine rings is 1. The van der Waals surface area contributed by atoms with E-state index in [1.807, 2.05) is 6.07 Å². The van der Waals surface area contributed by atoms with Crippen molar-refractivity contribution in [2.75, 3.05) is 19.0 Å². The number of carbonyl (C=O) groups is 1. The predicted molar refractivity (Wildman–Crippen MR) is 150 cm³/mol. The van der Waals surface area contributed by atoms with Gasteiger partial charge in [0, 0.05) is 18.9 Å². The number of aliphatic hydroxyl groups excluding tert-OH is 2. The molecule has 11 atom stereocenters. The van der Waals surface area contributed by atoms with Crippen molar-refractivity contribution >= 4 is 11.7 Å². The first-order valence-corrected chi connectivity index (χ1v) is 15.3. The average Bonchev–Trinajstić information content (AvgIpc) is 3.26. The van der Waals surface area contributed by atoms with Crippen LogP contribution in [0, 0.1) is 52.3 Å². The molecule has 4 aliphatic rings. The first kappa shape index (κ1) is 27.9. The Bertz CT molecular complexity index is 1000. The number of anilines is 1. The molecule has 0 saturated heterocycles. The monoisotopic (exact) mass is 526 g/mol. The first-order chi connectivity index (χ1) is 18.1. The Morgan fingerprint density at radius 1 is 1.11 bits per heavy atom. The van der Waals surface area contributed by atoms with Gasteiger partial charge in [-0.15, -0.1) is 0 Å². The van der Waals surface area contributed by atoms with E-state index >= 15 is 0 Å². The first-order valence-electron chi connectivity index (χ1n) is 15.3. The van der Waals surface area contributed by atoms with Gasteiger partial charge in [-0.2, -0.15) is 0 Å². The van der Waals surface area contributed by atoms with Crippen molar-refractivity contribution in [1.29, 1.82) is 0 Å². The molecule has 1 aromatic rings. The number of nitrogens with one attached hydrogen (secondary N) is 1. The van der Waals surface area contributed by atoms with Gasteiger partial charge in [0.1, 0.15) is 0 Å². The van der Waals surface area contributed by atoms with Crippen molar-refractivity contribution in [2.24, 2.45) is 52.3 Å². The minimum Gasteiger partial charge on any atom is -0.465 e. The molecule has 1 aromatic heterocycles. The molecule has 0 amide bonds. The van der Waals surface area contributed by atoms with Crippen molar-refractivity contribution in [3.63, 3.8) is 0 Å². The molecule has 38 heavy (non-hydrogen) atoms. The summed E-state index contributed by atoms with van der Waals surface area (Å²) in [4.78, 5) is 16.0. The van der Waals surface area contributed by atoms with Crippen LogP contribution in [0.5, 0.6) is 0 Å². The zero-order valence-corrected chi connectivity index (χ0v) is 24.2. The highest BCUT2D eigenvalue weighted by molar-refractivity contribution is 5.89. The molecule has 3 N–H and O–H groups in total. The molecule has 0 unspecified atom stereocenters. The molecule has 212 valence electrons. The van der Waals surface area contributed by atoms with Crippen LogP contribution in [0.3, 0.4) is 0 Å². The third-order valence-corrected chi connectivity index (χ3v) is 12.2. The summed E-state index contributed by atoms with van der Waals surface area (Å²) >= 11 is 0. The van der Waals surface area contributed by atoms with E-state index in [1.165, 1.54) is 39.0 Å². The second kappa shape index (κ2) is 10.7. The molecule has 0 aromatic carbocycles. The number of nitrogens with zero attached hydrogens (tertiary/aromatic N) is 1. The fourth-order valence-corrected chi connectivity index (χ4v) is 10.3. The van der Waals surface area contributed by atoms with E-state index in [2.05, 4.69) is 38.0 Å². The number of aromatic nitrogens is 1. The highest BCUT2D eigenvalue weighted by Crippen LogP contribution is 2.69. The van der Waals surface area contributed by atoms with Gasteiger partial charge in [0.25, 0.3) is 0 Å². The Morgan fingerprint density at radius 2 is 1.84 bits per heavy atom. The zero-order valence-electron chi connectivity index (χ0n) is 24.2. The summed E-state index contributed by atoms with van der Waals surface area (Å²) in [5, 5.41) is 25.9. The number of esters is 1. The Labute approximate surface area is 229 Å². The van der Waals surface area contributed by atoms with Crippen LogP contribution in [0.4, 0.5) is 5.69 Å². The molecule has 0 radical (unpaired) electrons. The third kappa shape index (κ3) is 4.58. The number of hydrogen-bond acceptors (Lipinski definition) is 6. The van der Waals surface area contributed by atoms with Gasteiger partial charge >= 0.3 is 5.97 Å². The van der Waals surface area contributed by atoms with E-state index in [4.69, 9.17) is 4.74 Å². The molecule has 6 nitrogen and oxygen atoms in total. The van der Waals surface area contributed by atoms with Crippen molar-refractivity contribution in [2.45, 2.75) is 97.7 Å². The third-order valence-electron chi connectivity index (χ3n) is 12.2. The summed E-state index contributed by atoms with van der Waals surface area (Å²) in [6.45, 7) is 10.6. The second-order valence-electron chi connectivity index (χ2n) is 13.8. The lowest BCUT2D eigenvalue weighted by Gasteiger charge is -2.64. The number of aliphatic hydroxyl groups is 2. The normalized spacial score (nSPS) is 42.9. The highest BCUT2D eigenvalue weighted by atomic mass is 16.5. The molecule has 6 heteroatoms. The maximum absolute atomic E-state index is 11.9. The summed E-state index contributed by atoms with van der Waals surface area (Å²) in [5.41, 5.74) is 1.86. The Balaban J connectivity index is 1.27. The molecule has 4 aliphatic carbocycles. The second-order valence-corrected chi connectivity index (χ2v) is 13.8. The number of hydrogen-bond donors (Lipinski definition) is 3. The summed E-state index contributed by atoms with van der Waals surface area (Å²) in [6, 6.07) is 1.81. The molecule has 1 heterocycles. The van der Waals surface area contributed by atoms with Crippen LogP contribution in [-0.2, 0) is 4.74 Å². The summed E-state index contributed by atoms with van der Waals surface area (Å²) in [7, 11) is 1.39. The van der Waals surface area contributed by atoms with Crippen molar-refractivity contribution in [3.05, 3.63) is 24.0 Å². The fourth-order valence-electron chi connectivity index (χ4n) is 10.3. The van der Waals surface area contributed by atoms with E-state index in [-0.39, 0.29) is 29.0 Å². The summed E-state index contributed by atoms with van der Waals surface area (Å²) in [5.74, 6) is 3.23. The molecular formula is C32H50N2O4. The lowest BCUT2D eigenvalue weighted by Crippen LogP contribution is -2.62. The van der Waals surface area contributed by atoms with Gasteiger partial charge in [-0.1, -0.05) is 34.1 Å². The Morgan fingerprint density at radius 3 is 2.58 bits per heavy atom. The van der Waals surface area contributed by atoms with Crippen molar-refractivity contribution < 1.29 is 19.7 Å². The molecule has 4 fully saturated rings. The summed E-state index contributed by atoms with van der Waals surface area (Å²) in [6.07, 6.45) is 12.9. The smallest absolute Gasteiger partial charge is 0.339 e. The SMILES string of the molecule is CC[C@H]1[C@@H](O)[C@@H]2[C@H](CC[C@]3(C)[C@@H]([C@H](C)CCNc4cncc(C(=O)OC)c4)CC[C@@H]23)[C@@]2(C)CC[C@@H](O)C[C@@H]12. The van der Waals surface area contributed by atoms with Crippen LogP contribution in [0.15, 0.2) is 18.5 Å². The molecule has 0 spiro atoms. The lowest BCUT2D eigenvalue weighted by atomic mass is 9.41. The van der Waals surface area contributed by atoms with Crippen LogP contribution in [0.1, 0.15) is 95.8 Å². The minimum atomic E-state index is -0.366. The molecule has 4 saturated carbocycles. The van der Waals surface area contributed by atoms with E-state index in [0.717, 1.165) is 44.3 Å². The van der Waals surface area contributed by atoms with E-state index < -0.39 is 0 Å². The molecule has 0 aliphatic heterocycles. The van der Waals surface area contributed by atoms with Crippen LogP contribution in [0.25, 0.3) is 0 Å². The van der Waals surface area contributed by atoms with Crippen LogP contribution in [0.2, 0.25) is 0 Å². The van der Waals surface area contributed by atoms with Gasteiger partial charge in [0.05, 0.1) is 30.6 Å². The Hall–Kier alpha value is -1.66. The zero-order chi connectivity index (χ0) is 27.2. The number of rotatable bonds is 7. The van der Waals surface area contributed by atoms with Gasteiger partial charge in [0.15, 0.2) is 0 Å². The minimum absolute atomic E-state index is 0.191. The lowest BCUT2D eigenvalue weighted by molar-refractivity contribution is -0.203. The van der Waals surface area contributed by atoms with Crippen molar-refractivity contribution in [1.82, 2.24) is 4.98 Å². The predicted octanol–water partition coefficient (Wildman–Crippen LogP) is 5.93. The molecule has 0 bridgehead atoms. The van der Waals surface area contributed by atoms with E-state index in [0.29, 0.717) is 47.0 Å². The van der Waals surface area contributed by atoms with Crippen LogP contribution in [-0.4, -0.2) is 47.0 Å². The van der Waals surface area contributed by atoms with E-state index in [1.54, 1.807) is 6.20 Å². The van der Waals surface area contributed by atoms with Gasteiger partial charge in [0.2, 0.25) is 0 Å². The maximum atomic E-state index is 11.9. The van der Waals surface area contributed by atoms with E-state index in [9.17, 15) is 15.0 Å². The Kier molecular flexibility index (Phi) is 7.87. The largest absolute Gasteiger partial charge is 0.465 e. The average molecular weight is 527 g/mol.